The van der Waals surface area contributed by atoms with E-state index in [0.29, 0.717) is 4.88 Å². The number of sulfonamides is 1. The number of rotatable bonds is 5. The van der Waals surface area contributed by atoms with Gasteiger partial charge in [0.1, 0.15) is 0 Å². The van der Waals surface area contributed by atoms with Crippen molar-refractivity contribution in [2.45, 2.75) is 18.4 Å². The van der Waals surface area contributed by atoms with E-state index in [1.165, 1.54) is 6.07 Å². The highest BCUT2D eigenvalue weighted by atomic mass is 32.2. The molecule has 0 bridgehead atoms. The van der Waals surface area contributed by atoms with Gasteiger partial charge in [0.2, 0.25) is 10.0 Å². The summed E-state index contributed by atoms with van der Waals surface area (Å²) in [6.45, 7) is 1.76. The van der Waals surface area contributed by atoms with Crippen LogP contribution in [-0.4, -0.2) is 31.9 Å². The smallest absolute Gasteiger partial charge is 0.394 e. The van der Waals surface area contributed by atoms with E-state index in [0.717, 1.165) is 11.3 Å². The molecule has 0 fully saturated rings. The topological polar surface area (TPSA) is 113 Å². The predicted molar refractivity (Wildman–Crippen MR) is 64.7 cm³/mol. The Morgan fingerprint density at radius 1 is 1.44 bits per heavy atom. The van der Waals surface area contributed by atoms with Crippen LogP contribution >= 0.6 is 11.3 Å². The van der Waals surface area contributed by atoms with Crippen molar-refractivity contribution in [2.24, 2.45) is 0 Å². The van der Waals surface area contributed by atoms with Crippen LogP contribution < -0.4 is 10.0 Å². The van der Waals surface area contributed by atoms with Crippen LogP contribution in [0.2, 0.25) is 0 Å². The molecular weight excluding hydrogens is 280 g/mol. The number of carbonyl (C=O) groups excluding carboxylic acids is 1. The van der Waals surface area contributed by atoms with E-state index in [-0.39, 0.29) is 18.0 Å². The maximum atomic E-state index is 11.8. The minimum Gasteiger partial charge on any atom is -0.474 e. The number of nitrogens with one attached hydrogen (secondary N) is 2. The molecule has 1 aromatic rings. The molecule has 1 heterocycles. The monoisotopic (exact) mass is 292 g/mol. The van der Waals surface area contributed by atoms with E-state index >= 15 is 0 Å². The molecule has 1 amide bonds. The second-order valence-electron chi connectivity index (χ2n) is 3.20. The first-order chi connectivity index (χ1) is 8.38. The largest absolute Gasteiger partial charge is 0.474 e. The van der Waals surface area contributed by atoms with Crippen molar-refractivity contribution in [3.05, 3.63) is 16.3 Å². The number of carboxylic acid groups (broad SMARTS) is 1. The summed E-state index contributed by atoms with van der Waals surface area (Å²) in [5.74, 6) is -2.78. The summed E-state index contributed by atoms with van der Waals surface area (Å²) in [6, 6.07) is 1.41. The molecule has 1 rings (SSSR count). The molecule has 0 saturated carbocycles. The van der Waals surface area contributed by atoms with Crippen LogP contribution in [-0.2, 0) is 26.2 Å². The molecular formula is C9H12N2O5S2. The van der Waals surface area contributed by atoms with Gasteiger partial charge in [-0.15, -0.1) is 11.3 Å². The minimum atomic E-state index is -3.60. The second kappa shape index (κ2) is 5.94. The summed E-state index contributed by atoms with van der Waals surface area (Å²) < 4.78 is 25.8. The Morgan fingerprint density at radius 2 is 2.11 bits per heavy atom. The van der Waals surface area contributed by atoms with Crippen LogP contribution in [0.3, 0.4) is 0 Å². The first kappa shape index (κ1) is 14.6. The Hall–Kier alpha value is -1.45. The Kier molecular flexibility index (Phi) is 4.82. The molecule has 0 atom stereocenters. The third-order valence-corrected chi connectivity index (χ3v) is 4.61. The molecule has 3 N–H and O–H groups in total. The van der Waals surface area contributed by atoms with Crippen LogP contribution in [0.15, 0.2) is 16.3 Å². The average molecular weight is 292 g/mol. The fraction of sp³-hybridized carbons (Fsp3) is 0.333. The van der Waals surface area contributed by atoms with Crippen molar-refractivity contribution in [1.82, 2.24) is 10.0 Å². The number of thiophene rings is 1. The normalized spacial score (nSPS) is 11.2. The maximum absolute atomic E-state index is 11.8. The van der Waals surface area contributed by atoms with E-state index < -0.39 is 21.9 Å². The Balaban J connectivity index is 2.84. The van der Waals surface area contributed by atoms with Crippen LogP contribution in [0.1, 0.15) is 11.8 Å². The average Bonchev–Trinajstić information content (AvgIpc) is 2.74. The van der Waals surface area contributed by atoms with Gasteiger partial charge >= 0.3 is 11.9 Å². The van der Waals surface area contributed by atoms with Gasteiger partial charge in [-0.3, -0.25) is 4.79 Å². The minimum absolute atomic E-state index is 0.0556. The van der Waals surface area contributed by atoms with Gasteiger partial charge in [-0.25, -0.2) is 17.9 Å². The summed E-state index contributed by atoms with van der Waals surface area (Å²) in [7, 11) is -3.60. The highest BCUT2D eigenvalue weighted by Crippen LogP contribution is 2.21. The molecule has 0 unspecified atom stereocenters. The first-order valence-corrected chi connectivity index (χ1v) is 7.32. The lowest BCUT2D eigenvalue weighted by atomic mass is 10.4. The van der Waals surface area contributed by atoms with Crippen LogP contribution in [0.5, 0.6) is 0 Å². The van der Waals surface area contributed by atoms with Gasteiger partial charge in [0.15, 0.2) is 0 Å². The van der Waals surface area contributed by atoms with Gasteiger partial charge in [-0.1, -0.05) is 6.92 Å². The number of carboxylic acids is 1. The van der Waals surface area contributed by atoms with Gasteiger partial charge in [0.05, 0.1) is 11.4 Å². The fourth-order valence-corrected chi connectivity index (χ4v) is 3.62. The highest BCUT2D eigenvalue weighted by molar-refractivity contribution is 7.89. The zero-order valence-corrected chi connectivity index (χ0v) is 11.1. The number of hydrogen-bond acceptors (Lipinski definition) is 5. The lowest BCUT2D eigenvalue weighted by Gasteiger charge is -2.06. The molecule has 7 nitrogen and oxygen atoms in total. The molecule has 0 aromatic carbocycles. The van der Waals surface area contributed by atoms with E-state index in [9.17, 15) is 18.0 Å². The predicted octanol–water partition coefficient (Wildman–Crippen LogP) is -0.253. The lowest BCUT2D eigenvalue weighted by molar-refractivity contribution is -0.150. The third kappa shape index (κ3) is 3.52. The number of carbonyl (C=O) groups is 2. The number of aliphatic carboxylic acids is 1. The Labute approximate surface area is 108 Å². The zero-order valence-electron chi connectivity index (χ0n) is 9.47. The van der Waals surface area contributed by atoms with Gasteiger partial charge in [0, 0.05) is 11.4 Å². The van der Waals surface area contributed by atoms with E-state index in [1.54, 1.807) is 12.3 Å². The lowest BCUT2D eigenvalue weighted by Crippen LogP contribution is -2.31. The van der Waals surface area contributed by atoms with Crippen molar-refractivity contribution in [3.63, 3.8) is 0 Å². The van der Waals surface area contributed by atoms with E-state index in [1.807, 2.05) is 0 Å². The van der Waals surface area contributed by atoms with Gasteiger partial charge in [-0.2, -0.15) is 0 Å². The summed E-state index contributed by atoms with van der Waals surface area (Å²) in [5.41, 5.74) is 0. The van der Waals surface area contributed by atoms with Gasteiger partial charge in [0.25, 0.3) is 0 Å². The highest BCUT2D eigenvalue weighted by Gasteiger charge is 2.20. The van der Waals surface area contributed by atoms with E-state index in [4.69, 9.17) is 5.11 Å². The maximum Gasteiger partial charge on any atom is 0.394 e. The molecule has 0 spiro atoms. The van der Waals surface area contributed by atoms with Gasteiger partial charge in [-0.05, 0) is 11.4 Å². The van der Waals surface area contributed by atoms with Crippen molar-refractivity contribution >= 4 is 33.2 Å². The molecule has 0 aliphatic carbocycles. The van der Waals surface area contributed by atoms with Crippen molar-refractivity contribution in [3.8, 4) is 0 Å². The standard InChI is InChI=1S/C9H12N2O5S2/c1-2-11-18(15,16)7-3-4-17-6(7)5-10-8(12)9(13)14/h3-4,11H,2,5H2,1H3,(H,10,12)(H,13,14). The van der Waals surface area contributed by atoms with Gasteiger partial charge < -0.3 is 10.4 Å². The zero-order chi connectivity index (χ0) is 13.8. The fourth-order valence-electron chi connectivity index (χ4n) is 1.20. The Bertz CT molecular complexity index is 549. The summed E-state index contributed by atoms with van der Waals surface area (Å²) in [5, 5.41) is 12.1. The third-order valence-electron chi connectivity index (χ3n) is 1.93. The molecule has 9 heteroatoms. The SMILES string of the molecule is CCNS(=O)(=O)c1ccsc1CNC(=O)C(=O)O. The second-order valence-corrected chi connectivity index (χ2v) is 5.93. The first-order valence-electron chi connectivity index (χ1n) is 4.95. The summed E-state index contributed by atoms with van der Waals surface area (Å²) in [6.07, 6.45) is 0. The van der Waals surface area contributed by atoms with E-state index in [2.05, 4.69) is 10.0 Å². The van der Waals surface area contributed by atoms with Crippen molar-refractivity contribution in [1.29, 1.82) is 0 Å². The van der Waals surface area contributed by atoms with Crippen LogP contribution in [0.4, 0.5) is 0 Å². The molecule has 100 valence electrons. The molecule has 0 aliphatic heterocycles. The molecule has 1 aromatic heterocycles. The molecule has 0 radical (unpaired) electrons. The molecule has 18 heavy (non-hydrogen) atoms. The quantitative estimate of drug-likeness (QED) is 0.648. The Morgan fingerprint density at radius 3 is 2.67 bits per heavy atom. The molecule has 0 saturated heterocycles. The van der Waals surface area contributed by atoms with Crippen LogP contribution in [0.25, 0.3) is 0 Å². The van der Waals surface area contributed by atoms with Crippen LogP contribution in [0, 0.1) is 0 Å². The number of hydrogen-bond donors (Lipinski definition) is 3. The molecule has 0 aliphatic rings. The number of amides is 1. The van der Waals surface area contributed by atoms with Crippen molar-refractivity contribution in [2.75, 3.05) is 6.54 Å². The van der Waals surface area contributed by atoms with Crippen molar-refractivity contribution < 1.29 is 23.1 Å². The summed E-state index contributed by atoms with van der Waals surface area (Å²) >= 11 is 1.13. The summed E-state index contributed by atoms with van der Waals surface area (Å²) in [4.78, 5) is 21.6.